The largest absolute Gasteiger partial charge is 0.344 e. The van der Waals surface area contributed by atoms with Crippen LogP contribution in [0.5, 0.6) is 0 Å². The Morgan fingerprint density at radius 3 is 1.16 bits per heavy atom. The molecule has 0 bridgehead atoms. The summed E-state index contributed by atoms with van der Waals surface area (Å²) < 4.78 is 3.07. The molecule has 0 spiro atoms. The van der Waals surface area contributed by atoms with E-state index in [1.54, 1.807) is 0 Å². The molecule has 1 radical (unpaired) electrons. The Hall–Kier alpha value is 0.394. The van der Waals surface area contributed by atoms with Gasteiger partial charge in [-0.1, -0.05) is 55.4 Å². The highest BCUT2D eigenvalue weighted by atomic mass is 28.4. The Kier molecular flexibility index (Phi) is 5.53. The third kappa shape index (κ3) is 2.40. The minimum Gasteiger partial charge on any atom is -0.344 e. The minimum absolute atomic E-state index is 0.862. The number of nitrogens with zero attached hydrogens (tertiary/aromatic N) is 1. The van der Waals surface area contributed by atoms with Crippen molar-refractivity contribution in [3.05, 3.63) is 6.92 Å². The lowest BCUT2D eigenvalue weighted by atomic mass is 10.5. The van der Waals surface area contributed by atoms with Crippen molar-refractivity contribution in [3.8, 4) is 0 Å². The third-order valence-electron chi connectivity index (χ3n) is 6.15. The molecule has 0 N–H and O–H groups in total. The molecular weight excluding hydrogens is 262 g/mol. The molecule has 3 heteroatoms. The van der Waals surface area contributed by atoms with E-state index in [4.69, 9.17) is 0 Å². The summed E-state index contributed by atoms with van der Waals surface area (Å²) in [6.07, 6.45) is 0. The Balaban J connectivity index is 3.35. The predicted molar refractivity (Wildman–Crippen MR) is 93.6 cm³/mol. The van der Waals surface area contributed by atoms with Crippen molar-refractivity contribution < 1.29 is 0 Å². The van der Waals surface area contributed by atoms with Crippen LogP contribution in [-0.2, 0) is 0 Å². The number of hydrogen-bond donors (Lipinski definition) is 0. The SMILES string of the molecule is [CH2]CN1[Si](C(C)C)(C(C)C)CC[Si]1(C(C)C)C(C)C. The molecule has 113 valence electrons. The van der Waals surface area contributed by atoms with Crippen molar-refractivity contribution in [2.45, 2.75) is 89.6 Å². The van der Waals surface area contributed by atoms with E-state index < -0.39 is 16.5 Å². The summed E-state index contributed by atoms with van der Waals surface area (Å²) >= 11 is 0. The molecule has 1 saturated heterocycles. The van der Waals surface area contributed by atoms with Crippen molar-refractivity contribution in [1.29, 1.82) is 0 Å². The summed E-state index contributed by atoms with van der Waals surface area (Å²) in [6, 6.07) is 3.06. The second-order valence-electron chi connectivity index (χ2n) is 7.75. The Morgan fingerprint density at radius 1 is 0.737 bits per heavy atom. The summed E-state index contributed by atoms with van der Waals surface area (Å²) in [4.78, 5) is 0. The molecule has 1 heterocycles. The lowest BCUT2D eigenvalue weighted by molar-refractivity contribution is 0.596. The molecule has 1 fully saturated rings. The quantitative estimate of drug-likeness (QED) is 0.591. The Morgan fingerprint density at radius 2 is 1.00 bits per heavy atom. The van der Waals surface area contributed by atoms with Crippen molar-refractivity contribution >= 4 is 16.5 Å². The molecule has 0 amide bonds. The van der Waals surface area contributed by atoms with Crippen LogP contribution in [0.15, 0.2) is 0 Å². The van der Waals surface area contributed by atoms with E-state index in [9.17, 15) is 0 Å². The maximum atomic E-state index is 4.38. The number of rotatable bonds is 5. The predicted octanol–water partition coefficient (Wildman–Crippen LogP) is 5.67. The standard InChI is InChI=1S/C16H36NSi2/c1-10-17-18(13(2)3,14(4)5)11-12-19(17,15(6)7)16(8)9/h13-16H,1,10-12H2,2-9H3. The molecule has 1 nitrogen and oxygen atoms in total. The van der Waals surface area contributed by atoms with E-state index in [0.717, 1.165) is 28.7 Å². The lowest BCUT2D eigenvalue weighted by Crippen LogP contribution is -2.65. The van der Waals surface area contributed by atoms with Gasteiger partial charge in [0, 0.05) is 0 Å². The summed E-state index contributed by atoms with van der Waals surface area (Å²) in [6.45, 7) is 25.3. The fraction of sp³-hybridized carbons (Fsp3) is 0.938. The zero-order valence-corrected chi connectivity index (χ0v) is 16.6. The van der Waals surface area contributed by atoms with Crippen LogP contribution in [0.25, 0.3) is 0 Å². The molecule has 0 unspecified atom stereocenters. The summed E-state index contributed by atoms with van der Waals surface area (Å²) in [7, 11) is -2.69. The van der Waals surface area contributed by atoms with Crippen LogP contribution in [0.2, 0.25) is 34.3 Å². The topological polar surface area (TPSA) is 3.24 Å². The second-order valence-corrected chi connectivity index (χ2v) is 18.9. The Labute approximate surface area is 124 Å². The molecule has 0 aromatic carbocycles. The average molecular weight is 299 g/mol. The van der Waals surface area contributed by atoms with Crippen LogP contribution in [-0.4, -0.2) is 27.2 Å². The molecule has 0 aliphatic carbocycles. The molecule has 0 saturated carbocycles. The number of hydrogen-bond acceptors (Lipinski definition) is 1. The summed E-state index contributed by atoms with van der Waals surface area (Å²) in [5.41, 5.74) is 3.45. The first-order chi connectivity index (χ1) is 8.67. The van der Waals surface area contributed by atoms with E-state index in [1.165, 1.54) is 12.1 Å². The smallest absolute Gasteiger partial charge is 0.126 e. The fourth-order valence-electron chi connectivity index (χ4n) is 5.21. The summed E-state index contributed by atoms with van der Waals surface area (Å²) in [5, 5.41) is 0. The van der Waals surface area contributed by atoms with Gasteiger partial charge in [-0.05, 0) is 47.7 Å². The van der Waals surface area contributed by atoms with Crippen molar-refractivity contribution in [3.63, 3.8) is 0 Å². The third-order valence-corrected chi connectivity index (χ3v) is 21.7. The van der Waals surface area contributed by atoms with Gasteiger partial charge in [-0.25, -0.2) is 0 Å². The van der Waals surface area contributed by atoms with E-state index in [2.05, 4.69) is 66.5 Å². The van der Waals surface area contributed by atoms with Gasteiger partial charge in [0.25, 0.3) is 0 Å². The van der Waals surface area contributed by atoms with Gasteiger partial charge in [0.15, 0.2) is 0 Å². The minimum atomic E-state index is -1.34. The van der Waals surface area contributed by atoms with Gasteiger partial charge in [-0.3, -0.25) is 0 Å². The van der Waals surface area contributed by atoms with Crippen LogP contribution in [0.1, 0.15) is 55.4 Å². The van der Waals surface area contributed by atoms with Crippen molar-refractivity contribution in [2.24, 2.45) is 0 Å². The average Bonchev–Trinajstić information content (AvgIpc) is 2.65. The maximum Gasteiger partial charge on any atom is 0.126 e. The zero-order chi connectivity index (χ0) is 15.0. The van der Waals surface area contributed by atoms with Crippen LogP contribution < -0.4 is 0 Å². The Bertz CT molecular complexity index is 253. The highest BCUT2D eigenvalue weighted by Crippen LogP contribution is 2.55. The first-order valence-corrected chi connectivity index (χ1v) is 12.9. The van der Waals surface area contributed by atoms with E-state index >= 15 is 0 Å². The van der Waals surface area contributed by atoms with Gasteiger partial charge in [0.1, 0.15) is 16.5 Å². The van der Waals surface area contributed by atoms with Crippen molar-refractivity contribution in [2.75, 3.05) is 6.54 Å². The van der Waals surface area contributed by atoms with Crippen LogP contribution >= 0.6 is 0 Å². The lowest BCUT2D eigenvalue weighted by Gasteiger charge is -2.52. The highest BCUT2D eigenvalue weighted by Gasteiger charge is 2.61. The molecule has 0 aromatic rings. The summed E-state index contributed by atoms with van der Waals surface area (Å²) in [5.74, 6) is 0. The molecule has 1 aliphatic rings. The van der Waals surface area contributed by atoms with E-state index in [-0.39, 0.29) is 0 Å². The monoisotopic (exact) mass is 298 g/mol. The van der Waals surface area contributed by atoms with Gasteiger partial charge < -0.3 is 4.23 Å². The van der Waals surface area contributed by atoms with Crippen molar-refractivity contribution in [1.82, 2.24) is 4.23 Å². The molecular formula is C16H36NSi2. The van der Waals surface area contributed by atoms with Crippen LogP contribution in [0.3, 0.4) is 0 Å². The highest BCUT2D eigenvalue weighted by molar-refractivity contribution is 6.99. The first kappa shape index (κ1) is 17.4. The van der Waals surface area contributed by atoms with Gasteiger partial charge in [-0.2, -0.15) is 0 Å². The van der Waals surface area contributed by atoms with E-state index in [0.29, 0.717) is 0 Å². The maximum absolute atomic E-state index is 4.38. The van der Waals surface area contributed by atoms with E-state index in [1.807, 2.05) is 0 Å². The molecule has 0 atom stereocenters. The molecule has 0 aromatic heterocycles. The first-order valence-electron chi connectivity index (χ1n) is 8.24. The molecule has 1 rings (SSSR count). The van der Waals surface area contributed by atoms with Crippen LogP contribution in [0.4, 0.5) is 0 Å². The fourth-order valence-corrected chi connectivity index (χ4v) is 24.1. The second kappa shape index (κ2) is 6.02. The molecule has 19 heavy (non-hydrogen) atoms. The van der Waals surface area contributed by atoms with Crippen LogP contribution in [0, 0.1) is 6.92 Å². The van der Waals surface area contributed by atoms with Gasteiger partial charge in [0.05, 0.1) is 0 Å². The van der Waals surface area contributed by atoms with Gasteiger partial charge >= 0.3 is 0 Å². The normalized spacial score (nSPS) is 23.2. The zero-order valence-electron chi connectivity index (χ0n) is 14.6. The van der Waals surface area contributed by atoms with Gasteiger partial charge in [0.2, 0.25) is 0 Å². The van der Waals surface area contributed by atoms with Gasteiger partial charge in [-0.15, -0.1) is 0 Å². The molecule has 1 aliphatic heterocycles.